The average molecular weight is 460 g/mol. The molecule has 3 rings (SSSR count). The molecule has 2 N–H and O–H groups in total. The van der Waals surface area contributed by atoms with Crippen LogP contribution in [0, 0.1) is 5.82 Å². The van der Waals surface area contributed by atoms with E-state index in [1.54, 1.807) is 41.0 Å². The lowest BCUT2D eigenvalue weighted by atomic mass is 10.2. The fraction of sp³-hybridized carbons (Fsp3) is 0.143. The molecular formula is C21H19ClFN5O2S. The Balaban J connectivity index is 1.61. The molecule has 31 heavy (non-hydrogen) atoms. The van der Waals surface area contributed by atoms with Gasteiger partial charge in [0.1, 0.15) is 5.82 Å². The highest BCUT2D eigenvalue weighted by Crippen LogP contribution is 2.19. The van der Waals surface area contributed by atoms with E-state index in [1.165, 1.54) is 30.0 Å². The first kappa shape index (κ1) is 22.5. The molecule has 1 heterocycles. The summed E-state index contributed by atoms with van der Waals surface area (Å²) in [7, 11) is 0. The Hall–Kier alpha value is -3.17. The molecule has 0 fully saturated rings. The Labute approximate surface area is 187 Å². The van der Waals surface area contributed by atoms with Crippen molar-refractivity contribution in [3.63, 3.8) is 0 Å². The van der Waals surface area contributed by atoms with Gasteiger partial charge in [0.2, 0.25) is 5.91 Å². The van der Waals surface area contributed by atoms with Gasteiger partial charge < -0.3 is 15.2 Å². The number of allylic oxidation sites excluding steroid dienone is 1. The molecule has 0 aliphatic heterocycles. The number of anilines is 1. The lowest BCUT2D eigenvalue weighted by Crippen LogP contribution is -2.25. The zero-order valence-electron chi connectivity index (χ0n) is 16.3. The number of carbonyl (C=O) groups is 2. The maximum atomic E-state index is 13.8. The monoisotopic (exact) mass is 459 g/mol. The molecule has 2 amide bonds. The molecule has 0 atom stereocenters. The zero-order valence-corrected chi connectivity index (χ0v) is 17.9. The Morgan fingerprint density at radius 3 is 2.74 bits per heavy atom. The van der Waals surface area contributed by atoms with E-state index in [9.17, 15) is 14.0 Å². The van der Waals surface area contributed by atoms with Crippen molar-refractivity contribution < 1.29 is 14.0 Å². The number of nitrogens with one attached hydrogen (secondary N) is 2. The predicted molar refractivity (Wildman–Crippen MR) is 119 cm³/mol. The second kappa shape index (κ2) is 10.7. The average Bonchev–Trinajstić information content (AvgIpc) is 3.13. The van der Waals surface area contributed by atoms with E-state index >= 15 is 0 Å². The van der Waals surface area contributed by atoms with Crippen LogP contribution in [0.1, 0.15) is 16.2 Å². The van der Waals surface area contributed by atoms with E-state index in [-0.39, 0.29) is 23.8 Å². The van der Waals surface area contributed by atoms with E-state index in [0.717, 1.165) is 0 Å². The number of rotatable bonds is 9. The maximum absolute atomic E-state index is 13.8. The van der Waals surface area contributed by atoms with Gasteiger partial charge in [-0.3, -0.25) is 9.59 Å². The summed E-state index contributed by atoms with van der Waals surface area (Å²) in [5.41, 5.74) is 0.548. The standard InChI is InChI=1S/C21H19ClFN5O2S/c1-2-10-28-18(12-24-20(30)16-8-3-4-9-17(16)23)26-27-21(28)31-13-19(29)25-15-7-5-6-14(22)11-15/h2-9,11H,1,10,12-13H2,(H,24,30)(H,25,29). The first-order valence-corrected chi connectivity index (χ1v) is 10.6. The van der Waals surface area contributed by atoms with Crippen molar-refractivity contribution in [2.24, 2.45) is 0 Å². The van der Waals surface area contributed by atoms with Crippen molar-refractivity contribution in [2.75, 3.05) is 11.1 Å². The molecular weight excluding hydrogens is 441 g/mol. The van der Waals surface area contributed by atoms with Crippen molar-refractivity contribution in [3.05, 3.63) is 83.4 Å². The third-order valence-electron chi connectivity index (χ3n) is 4.07. The van der Waals surface area contributed by atoms with Gasteiger partial charge in [-0.15, -0.1) is 16.8 Å². The van der Waals surface area contributed by atoms with E-state index in [1.807, 2.05) is 0 Å². The third-order valence-corrected chi connectivity index (χ3v) is 5.27. The summed E-state index contributed by atoms with van der Waals surface area (Å²) >= 11 is 7.12. The molecule has 0 unspecified atom stereocenters. The maximum Gasteiger partial charge on any atom is 0.254 e. The van der Waals surface area contributed by atoms with Crippen LogP contribution >= 0.6 is 23.4 Å². The first-order chi connectivity index (χ1) is 15.0. The number of nitrogens with zero attached hydrogens (tertiary/aromatic N) is 3. The minimum atomic E-state index is -0.602. The zero-order chi connectivity index (χ0) is 22.2. The van der Waals surface area contributed by atoms with Crippen molar-refractivity contribution in [3.8, 4) is 0 Å². The van der Waals surface area contributed by atoms with Gasteiger partial charge in [0.05, 0.1) is 17.9 Å². The van der Waals surface area contributed by atoms with Crippen LogP contribution in [0.4, 0.5) is 10.1 Å². The normalized spacial score (nSPS) is 10.5. The molecule has 0 saturated heterocycles. The molecule has 0 aliphatic carbocycles. The van der Waals surface area contributed by atoms with Gasteiger partial charge in [-0.05, 0) is 30.3 Å². The fourth-order valence-electron chi connectivity index (χ4n) is 2.66. The second-order valence-electron chi connectivity index (χ2n) is 6.31. The summed E-state index contributed by atoms with van der Waals surface area (Å²) < 4.78 is 15.5. The van der Waals surface area contributed by atoms with Gasteiger partial charge in [0.25, 0.3) is 5.91 Å². The Bertz CT molecular complexity index is 1100. The Kier molecular flexibility index (Phi) is 7.80. The van der Waals surface area contributed by atoms with Gasteiger partial charge >= 0.3 is 0 Å². The molecule has 2 aromatic carbocycles. The fourth-order valence-corrected chi connectivity index (χ4v) is 3.62. The first-order valence-electron chi connectivity index (χ1n) is 9.22. The van der Waals surface area contributed by atoms with E-state index < -0.39 is 11.7 Å². The summed E-state index contributed by atoms with van der Waals surface area (Å²) in [5, 5.41) is 14.6. The van der Waals surface area contributed by atoms with Gasteiger partial charge in [0, 0.05) is 17.3 Å². The highest BCUT2D eigenvalue weighted by atomic mass is 35.5. The highest BCUT2D eigenvalue weighted by Gasteiger charge is 2.16. The lowest BCUT2D eigenvalue weighted by molar-refractivity contribution is -0.113. The number of carbonyl (C=O) groups excluding carboxylic acids is 2. The van der Waals surface area contributed by atoms with Crippen LogP contribution in [-0.2, 0) is 17.9 Å². The van der Waals surface area contributed by atoms with Crippen molar-refractivity contribution >= 4 is 40.9 Å². The topological polar surface area (TPSA) is 88.9 Å². The van der Waals surface area contributed by atoms with Crippen LogP contribution in [-0.4, -0.2) is 32.3 Å². The number of hydrogen-bond donors (Lipinski definition) is 2. The largest absolute Gasteiger partial charge is 0.345 e. The lowest BCUT2D eigenvalue weighted by Gasteiger charge is -2.09. The third kappa shape index (κ3) is 6.16. The van der Waals surface area contributed by atoms with E-state index in [0.29, 0.717) is 28.2 Å². The summed E-state index contributed by atoms with van der Waals surface area (Å²) in [6.45, 7) is 4.15. The second-order valence-corrected chi connectivity index (χ2v) is 7.69. The Morgan fingerprint density at radius 2 is 2.00 bits per heavy atom. The van der Waals surface area contributed by atoms with Gasteiger partial charge in [-0.1, -0.05) is 47.6 Å². The summed E-state index contributed by atoms with van der Waals surface area (Å²) in [4.78, 5) is 24.5. The molecule has 0 bridgehead atoms. The number of aromatic nitrogens is 3. The smallest absolute Gasteiger partial charge is 0.254 e. The molecule has 160 valence electrons. The van der Waals surface area contributed by atoms with Crippen LogP contribution in [0.2, 0.25) is 5.02 Å². The highest BCUT2D eigenvalue weighted by molar-refractivity contribution is 7.99. The van der Waals surface area contributed by atoms with Crippen LogP contribution in [0.3, 0.4) is 0 Å². The molecule has 7 nitrogen and oxygen atoms in total. The molecule has 1 aromatic heterocycles. The van der Waals surface area contributed by atoms with Crippen molar-refractivity contribution in [2.45, 2.75) is 18.2 Å². The number of hydrogen-bond acceptors (Lipinski definition) is 5. The van der Waals surface area contributed by atoms with Crippen molar-refractivity contribution in [1.29, 1.82) is 0 Å². The summed E-state index contributed by atoms with van der Waals surface area (Å²) in [5.74, 6) is -0.823. The molecule has 0 saturated carbocycles. The minimum absolute atomic E-state index is 0.0449. The van der Waals surface area contributed by atoms with Crippen LogP contribution < -0.4 is 10.6 Å². The number of halogens is 2. The van der Waals surface area contributed by atoms with Crippen LogP contribution in [0.15, 0.2) is 66.3 Å². The molecule has 3 aromatic rings. The van der Waals surface area contributed by atoms with Gasteiger partial charge in [-0.25, -0.2) is 4.39 Å². The predicted octanol–water partition coefficient (Wildman–Crippen LogP) is 3.92. The van der Waals surface area contributed by atoms with Crippen LogP contribution in [0.25, 0.3) is 0 Å². The molecule has 0 radical (unpaired) electrons. The molecule has 10 heteroatoms. The number of thioether (sulfide) groups is 1. The van der Waals surface area contributed by atoms with E-state index in [4.69, 9.17) is 11.6 Å². The van der Waals surface area contributed by atoms with E-state index in [2.05, 4.69) is 27.4 Å². The number of amides is 2. The quantitative estimate of drug-likeness (QED) is 0.374. The summed E-state index contributed by atoms with van der Waals surface area (Å²) in [6, 6.07) is 12.6. The summed E-state index contributed by atoms with van der Waals surface area (Å²) in [6.07, 6.45) is 1.65. The van der Waals surface area contributed by atoms with Crippen molar-refractivity contribution in [1.82, 2.24) is 20.1 Å². The minimum Gasteiger partial charge on any atom is -0.345 e. The van der Waals surface area contributed by atoms with Crippen LogP contribution in [0.5, 0.6) is 0 Å². The van der Waals surface area contributed by atoms with Gasteiger partial charge in [0.15, 0.2) is 11.0 Å². The Morgan fingerprint density at radius 1 is 1.19 bits per heavy atom. The SMILES string of the molecule is C=CCn1c(CNC(=O)c2ccccc2F)nnc1SCC(=O)Nc1cccc(Cl)c1. The number of benzene rings is 2. The molecule has 0 spiro atoms. The van der Waals surface area contributed by atoms with Gasteiger partial charge in [-0.2, -0.15) is 0 Å². The molecule has 0 aliphatic rings.